The van der Waals surface area contributed by atoms with E-state index in [1.54, 1.807) is 18.1 Å². The summed E-state index contributed by atoms with van der Waals surface area (Å²) in [6, 6.07) is 4.99. The fraction of sp³-hybridized carbons (Fsp3) is 0.429. The summed E-state index contributed by atoms with van der Waals surface area (Å²) in [5, 5.41) is 12.7. The van der Waals surface area contributed by atoms with Crippen LogP contribution in [0.2, 0.25) is 0 Å². The van der Waals surface area contributed by atoms with E-state index in [1.807, 2.05) is 12.1 Å². The summed E-state index contributed by atoms with van der Waals surface area (Å²) in [7, 11) is 1.59. The van der Waals surface area contributed by atoms with Gasteiger partial charge >= 0.3 is 0 Å². The molecule has 0 spiro atoms. The summed E-state index contributed by atoms with van der Waals surface area (Å²) >= 11 is 0. The van der Waals surface area contributed by atoms with Crippen molar-refractivity contribution >= 4 is 11.8 Å². The van der Waals surface area contributed by atoms with E-state index < -0.39 is 12.3 Å². The van der Waals surface area contributed by atoms with Gasteiger partial charge in [0, 0.05) is 18.5 Å². The number of nitrogens with one attached hydrogen (secondary N) is 1. The topological polar surface area (TPSA) is 78.9 Å². The molecule has 0 bridgehead atoms. The van der Waals surface area contributed by atoms with E-state index in [0.717, 1.165) is 16.9 Å². The normalized spacial score (nSPS) is 26.3. The van der Waals surface area contributed by atoms with Crippen LogP contribution in [-0.2, 0) is 16.1 Å². The first-order chi connectivity index (χ1) is 9.60. The molecule has 1 saturated heterocycles. The van der Waals surface area contributed by atoms with Crippen molar-refractivity contribution in [2.75, 3.05) is 7.11 Å². The van der Waals surface area contributed by atoms with Crippen LogP contribution in [0.1, 0.15) is 30.2 Å². The lowest BCUT2D eigenvalue weighted by Crippen LogP contribution is -2.51. The molecule has 1 aromatic carbocycles. The van der Waals surface area contributed by atoms with E-state index >= 15 is 0 Å². The summed E-state index contributed by atoms with van der Waals surface area (Å²) in [4.78, 5) is 24.8. The minimum atomic E-state index is -0.820. The molecule has 0 aliphatic carbocycles. The predicted molar refractivity (Wildman–Crippen MR) is 69.7 cm³/mol. The Morgan fingerprint density at radius 1 is 1.40 bits per heavy atom. The van der Waals surface area contributed by atoms with Crippen molar-refractivity contribution in [1.29, 1.82) is 0 Å². The fourth-order valence-corrected chi connectivity index (χ4v) is 2.84. The molecule has 0 radical (unpaired) electrons. The van der Waals surface area contributed by atoms with Crippen molar-refractivity contribution < 1.29 is 19.4 Å². The van der Waals surface area contributed by atoms with Crippen LogP contribution >= 0.6 is 0 Å². The summed E-state index contributed by atoms with van der Waals surface area (Å²) in [6.45, 7) is 0.472. The van der Waals surface area contributed by atoms with E-state index in [4.69, 9.17) is 4.74 Å². The summed E-state index contributed by atoms with van der Waals surface area (Å²) in [6.07, 6.45) is -0.0774. The predicted octanol–water partition coefficient (Wildman–Crippen LogP) is 0.307. The van der Waals surface area contributed by atoms with Gasteiger partial charge in [0.25, 0.3) is 0 Å². The van der Waals surface area contributed by atoms with Gasteiger partial charge < -0.3 is 9.84 Å². The summed E-state index contributed by atoms with van der Waals surface area (Å²) in [5.41, 5.74) is 1.73. The molecular formula is C14H16N2O4. The van der Waals surface area contributed by atoms with Gasteiger partial charge in [-0.25, -0.2) is 0 Å². The number of carbonyl (C=O) groups is 2. The molecule has 2 atom stereocenters. The second-order valence-electron chi connectivity index (χ2n) is 5.08. The summed E-state index contributed by atoms with van der Waals surface area (Å²) in [5.74, 6) is 0.139. The number of nitrogens with zero attached hydrogens (tertiary/aromatic N) is 1. The van der Waals surface area contributed by atoms with Gasteiger partial charge in [-0.2, -0.15) is 0 Å². The number of aliphatic hydroxyl groups is 1. The van der Waals surface area contributed by atoms with Crippen LogP contribution in [0.25, 0.3) is 0 Å². The molecule has 2 unspecified atom stereocenters. The number of benzene rings is 1. The van der Waals surface area contributed by atoms with E-state index in [1.165, 1.54) is 0 Å². The number of methoxy groups -OCH3 is 1. The Hall–Kier alpha value is -1.92. The van der Waals surface area contributed by atoms with Crippen molar-refractivity contribution in [3.8, 4) is 5.75 Å². The molecule has 106 valence electrons. The molecule has 1 aromatic rings. The third kappa shape index (κ3) is 2.07. The second kappa shape index (κ2) is 4.88. The molecule has 1 fully saturated rings. The zero-order chi connectivity index (χ0) is 14.3. The molecule has 0 saturated carbocycles. The number of fused-ring (bicyclic) bond motifs is 1. The first-order valence-electron chi connectivity index (χ1n) is 6.54. The number of rotatable bonds is 2. The average Bonchev–Trinajstić information content (AvgIpc) is 2.75. The molecule has 6 nitrogen and oxygen atoms in total. The molecule has 2 N–H and O–H groups in total. The third-order valence-corrected chi connectivity index (χ3v) is 3.91. The zero-order valence-electron chi connectivity index (χ0n) is 11.1. The number of piperidine rings is 1. The molecule has 2 amide bonds. The Morgan fingerprint density at radius 3 is 2.90 bits per heavy atom. The van der Waals surface area contributed by atoms with E-state index in [9.17, 15) is 14.7 Å². The zero-order valence-corrected chi connectivity index (χ0v) is 11.1. The Kier molecular flexibility index (Phi) is 3.19. The highest BCUT2D eigenvalue weighted by Gasteiger charge is 2.39. The van der Waals surface area contributed by atoms with Gasteiger partial charge in [0.15, 0.2) is 0 Å². The molecule has 3 rings (SSSR count). The minimum absolute atomic E-state index is 0.251. The smallest absolute Gasteiger partial charge is 0.244 e. The van der Waals surface area contributed by atoms with E-state index in [0.29, 0.717) is 19.4 Å². The van der Waals surface area contributed by atoms with Crippen LogP contribution in [-0.4, -0.2) is 35.0 Å². The van der Waals surface area contributed by atoms with Gasteiger partial charge in [-0.1, -0.05) is 6.07 Å². The Bertz CT molecular complexity index is 572. The van der Waals surface area contributed by atoms with Crippen molar-refractivity contribution in [2.24, 2.45) is 0 Å². The van der Waals surface area contributed by atoms with Gasteiger partial charge in [-0.3, -0.25) is 19.8 Å². The number of imide groups is 1. The standard InChI is InChI=1S/C14H16N2O4/c1-20-9-2-3-10-8(6-9)7-16(14(10)19)11-4-5-12(17)15-13(11)18/h2-3,6,11,14,19H,4-5,7H2,1H3,(H,15,17,18). The second-order valence-corrected chi connectivity index (χ2v) is 5.08. The van der Waals surface area contributed by atoms with Gasteiger partial charge in [0.1, 0.15) is 12.0 Å². The van der Waals surface area contributed by atoms with Crippen molar-refractivity contribution in [2.45, 2.75) is 31.7 Å². The van der Waals surface area contributed by atoms with Crippen LogP contribution in [0, 0.1) is 0 Å². The maximum Gasteiger partial charge on any atom is 0.244 e. The van der Waals surface area contributed by atoms with Crippen LogP contribution in [0.4, 0.5) is 0 Å². The molecular weight excluding hydrogens is 260 g/mol. The maximum absolute atomic E-state index is 11.9. The number of carbonyl (C=O) groups excluding carboxylic acids is 2. The maximum atomic E-state index is 11.9. The number of aliphatic hydroxyl groups excluding tert-OH is 1. The van der Waals surface area contributed by atoms with Crippen LogP contribution in [0.3, 0.4) is 0 Å². The third-order valence-electron chi connectivity index (χ3n) is 3.91. The molecule has 2 aliphatic rings. The number of ether oxygens (including phenoxy) is 1. The van der Waals surface area contributed by atoms with E-state index in [-0.39, 0.29) is 11.8 Å². The monoisotopic (exact) mass is 276 g/mol. The molecule has 2 heterocycles. The van der Waals surface area contributed by atoms with Crippen molar-refractivity contribution in [3.05, 3.63) is 29.3 Å². The van der Waals surface area contributed by atoms with Crippen molar-refractivity contribution in [3.63, 3.8) is 0 Å². The van der Waals surface area contributed by atoms with Crippen LogP contribution < -0.4 is 10.1 Å². The number of amides is 2. The molecule has 6 heteroatoms. The highest BCUT2D eigenvalue weighted by atomic mass is 16.5. The average molecular weight is 276 g/mol. The molecule has 20 heavy (non-hydrogen) atoms. The fourth-order valence-electron chi connectivity index (χ4n) is 2.84. The SMILES string of the molecule is COc1ccc2c(c1)CN(C1CCC(=O)NC1=O)C2O. The lowest BCUT2D eigenvalue weighted by molar-refractivity contribution is -0.141. The highest BCUT2D eigenvalue weighted by Crippen LogP contribution is 2.36. The number of hydrogen-bond acceptors (Lipinski definition) is 5. The lowest BCUT2D eigenvalue weighted by Gasteiger charge is -2.31. The largest absolute Gasteiger partial charge is 0.497 e. The van der Waals surface area contributed by atoms with Gasteiger partial charge in [-0.15, -0.1) is 0 Å². The Morgan fingerprint density at radius 2 is 2.20 bits per heavy atom. The van der Waals surface area contributed by atoms with Gasteiger partial charge in [0.05, 0.1) is 13.2 Å². The Balaban J connectivity index is 1.84. The Labute approximate surface area is 116 Å². The van der Waals surface area contributed by atoms with E-state index in [2.05, 4.69) is 5.32 Å². The quantitative estimate of drug-likeness (QED) is 0.760. The van der Waals surface area contributed by atoms with Crippen LogP contribution in [0.5, 0.6) is 5.75 Å². The summed E-state index contributed by atoms with van der Waals surface area (Å²) < 4.78 is 5.17. The highest BCUT2D eigenvalue weighted by molar-refractivity contribution is 6.00. The lowest BCUT2D eigenvalue weighted by atomic mass is 10.0. The van der Waals surface area contributed by atoms with Gasteiger partial charge in [0.2, 0.25) is 11.8 Å². The molecule has 2 aliphatic heterocycles. The first kappa shape index (κ1) is 13.1. The van der Waals surface area contributed by atoms with Crippen molar-refractivity contribution in [1.82, 2.24) is 10.2 Å². The van der Waals surface area contributed by atoms with Gasteiger partial charge in [-0.05, 0) is 24.1 Å². The number of hydrogen-bond donors (Lipinski definition) is 2. The van der Waals surface area contributed by atoms with Crippen LogP contribution in [0.15, 0.2) is 18.2 Å². The molecule has 0 aromatic heterocycles. The first-order valence-corrected chi connectivity index (χ1v) is 6.54. The minimum Gasteiger partial charge on any atom is -0.497 e.